The van der Waals surface area contributed by atoms with Crippen LogP contribution in [0.2, 0.25) is 0 Å². The Morgan fingerprint density at radius 3 is 2.50 bits per heavy atom. The van der Waals surface area contributed by atoms with Crippen LogP contribution in [0.25, 0.3) is 6.08 Å². The average Bonchev–Trinajstić information content (AvgIpc) is 2.83. The highest BCUT2D eigenvalue weighted by Crippen LogP contribution is 2.31. The van der Waals surface area contributed by atoms with E-state index in [1.165, 1.54) is 0 Å². The standard InChI is InChI=1S/C16H12O2/c17-16(13-7-2-1-3-8-13)18-15-11-10-12-6-4-5-9-14(12)15/h1-11,15H. The largest absolute Gasteiger partial charge is 0.450 e. The van der Waals surface area contributed by atoms with Gasteiger partial charge in [0, 0.05) is 5.56 Å². The lowest BCUT2D eigenvalue weighted by molar-refractivity contribution is 0.0397. The van der Waals surface area contributed by atoms with Gasteiger partial charge < -0.3 is 4.74 Å². The zero-order chi connectivity index (χ0) is 12.4. The topological polar surface area (TPSA) is 26.3 Å². The molecule has 88 valence electrons. The van der Waals surface area contributed by atoms with Crippen LogP contribution in [0.5, 0.6) is 0 Å². The predicted octanol–water partition coefficient (Wildman–Crippen LogP) is 3.61. The Balaban J connectivity index is 1.80. The number of esters is 1. The number of hydrogen-bond acceptors (Lipinski definition) is 2. The summed E-state index contributed by atoms with van der Waals surface area (Å²) in [6.45, 7) is 0. The van der Waals surface area contributed by atoms with Gasteiger partial charge in [-0.2, -0.15) is 0 Å². The molecule has 1 aliphatic carbocycles. The fourth-order valence-electron chi connectivity index (χ4n) is 2.08. The molecule has 3 rings (SSSR count). The molecule has 0 saturated heterocycles. The normalized spacial score (nSPS) is 16.3. The van der Waals surface area contributed by atoms with Crippen LogP contribution in [0.4, 0.5) is 0 Å². The first-order chi connectivity index (χ1) is 8.84. The van der Waals surface area contributed by atoms with Crippen molar-refractivity contribution in [2.75, 3.05) is 0 Å². The Kier molecular flexibility index (Phi) is 2.69. The van der Waals surface area contributed by atoms with E-state index >= 15 is 0 Å². The Morgan fingerprint density at radius 2 is 1.67 bits per heavy atom. The molecule has 2 aromatic carbocycles. The molecule has 0 heterocycles. The first-order valence-electron chi connectivity index (χ1n) is 5.88. The lowest BCUT2D eigenvalue weighted by Crippen LogP contribution is -2.08. The van der Waals surface area contributed by atoms with Crippen molar-refractivity contribution < 1.29 is 9.53 Å². The van der Waals surface area contributed by atoms with E-state index in [9.17, 15) is 4.79 Å². The second-order valence-corrected chi connectivity index (χ2v) is 4.18. The molecule has 0 saturated carbocycles. The molecular weight excluding hydrogens is 224 g/mol. The van der Waals surface area contributed by atoms with Crippen molar-refractivity contribution in [3.63, 3.8) is 0 Å². The molecule has 1 unspecified atom stereocenters. The molecule has 18 heavy (non-hydrogen) atoms. The van der Waals surface area contributed by atoms with Gasteiger partial charge in [0.2, 0.25) is 0 Å². The van der Waals surface area contributed by atoms with Crippen LogP contribution in [0.3, 0.4) is 0 Å². The van der Waals surface area contributed by atoms with Crippen molar-refractivity contribution >= 4 is 12.0 Å². The molecule has 0 aromatic heterocycles. The summed E-state index contributed by atoms with van der Waals surface area (Å²) in [4.78, 5) is 12.0. The lowest BCUT2D eigenvalue weighted by Gasteiger charge is -2.12. The highest BCUT2D eigenvalue weighted by molar-refractivity contribution is 5.89. The van der Waals surface area contributed by atoms with Crippen molar-refractivity contribution in [2.24, 2.45) is 0 Å². The minimum Gasteiger partial charge on any atom is -0.450 e. The number of benzene rings is 2. The fourth-order valence-corrected chi connectivity index (χ4v) is 2.08. The predicted molar refractivity (Wildman–Crippen MR) is 70.1 cm³/mol. The van der Waals surface area contributed by atoms with E-state index in [1.807, 2.05) is 54.6 Å². The van der Waals surface area contributed by atoms with E-state index in [4.69, 9.17) is 4.74 Å². The Bertz CT molecular complexity index is 600. The van der Waals surface area contributed by atoms with E-state index in [0.717, 1.165) is 11.1 Å². The van der Waals surface area contributed by atoms with E-state index in [-0.39, 0.29) is 12.1 Å². The molecule has 2 aromatic rings. The van der Waals surface area contributed by atoms with Gasteiger partial charge >= 0.3 is 5.97 Å². The SMILES string of the molecule is O=C(OC1C=Cc2ccccc21)c1ccccc1. The van der Waals surface area contributed by atoms with E-state index in [1.54, 1.807) is 12.1 Å². The van der Waals surface area contributed by atoms with Crippen LogP contribution in [-0.2, 0) is 4.74 Å². The maximum atomic E-state index is 12.0. The van der Waals surface area contributed by atoms with Gasteiger partial charge in [-0.3, -0.25) is 0 Å². The number of rotatable bonds is 2. The van der Waals surface area contributed by atoms with Crippen LogP contribution < -0.4 is 0 Å². The van der Waals surface area contributed by atoms with E-state index < -0.39 is 0 Å². The third-order valence-electron chi connectivity index (χ3n) is 3.00. The molecule has 0 spiro atoms. The Hall–Kier alpha value is -2.35. The average molecular weight is 236 g/mol. The van der Waals surface area contributed by atoms with Crippen LogP contribution in [0, 0.1) is 0 Å². The third-order valence-corrected chi connectivity index (χ3v) is 3.00. The second kappa shape index (κ2) is 4.49. The number of carbonyl (C=O) groups excluding carboxylic acids is 1. The molecule has 0 fully saturated rings. The van der Waals surface area contributed by atoms with Gasteiger partial charge in [-0.15, -0.1) is 0 Å². The van der Waals surface area contributed by atoms with Crippen molar-refractivity contribution in [2.45, 2.75) is 6.10 Å². The van der Waals surface area contributed by atoms with Gasteiger partial charge in [-0.25, -0.2) is 4.79 Å². The summed E-state index contributed by atoms with van der Waals surface area (Å²) < 4.78 is 5.50. The molecule has 0 amide bonds. The Morgan fingerprint density at radius 1 is 0.944 bits per heavy atom. The third kappa shape index (κ3) is 1.93. The van der Waals surface area contributed by atoms with Crippen LogP contribution >= 0.6 is 0 Å². The first kappa shape index (κ1) is 10.8. The fraction of sp³-hybridized carbons (Fsp3) is 0.0625. The quantitative estimate of drug-likeness (QED) is 0.744. The highest BCUT2D eigenvalue weighted by Gasteiger charge is 2.20. The van der Waals surface area contributed by atoms with Gasteiger partial charge in [0.05, 0.1) is 5.56 Å². The van der Waals surface area contributed by atoms with Gasteiger partial charge in [-0.1, -0.05) is 48.5 Å². The number of carbonyl (C=O) groups is 1. The van der Waals surface area contributed by atoms with Crippen LogP contribution in [0.1, 0.15) is 27.6 Å². The molecule has 1 atom stereocenters. The summed E-state index contributed by atoms with van der Waals surface area (Å²) in [5.74, 6) is -0.290. The summed E-state index contributed by atoms with van der Waals surface area (Å²) in [5, 5.41) is 0. The maximum absolute atomic E-state index is 12.0. The van der Waals surface area contributed by atoms with Crippen molar-refractivity contribution in [3.8, 4) is 0 Å². The Labute approximate surface area is 106 Å². The molecule has 2 nitrogen and oxygen atoms in total. The van der Waals surface area contributed by atoms with Gasteiger partial charge in [-0.05, 0) is 23.8 Å². The first-order valence-corrected chi connectivity index (χ1v) is 5.88. The van der Waals surface area contributed by atoms with E-state index in [2.05, 4.69) is 0 Å². The minimum atomic E-state index is -0.290. The molecule has 1 aliphatic rings. The van der Waals surface area contributed by atoms with Gasteiger partial charge in [0.1, 0.15) is 6.10 Å². The smallest absolute Gasteiger partial charge is 0.339 e. The number of hydrogen-bond donors (Lipinski definition) is 0. The zero-order valence-corrected chi connectivity index (χ0v) is 9.74. The monoisotopic (exact) mass is 236 g/mol. The molecule has 0 aliphatic heterocycles. The number of ether oxygens (including phenoxy) is 1. The summed E-state index contributed by atoms with van der Waals surface area (Å²) in [6.07, 6.45) is 3.62. The van der Waals surface area contributed by atoms with Crippen LogP contribution in [-0.4, -0.2) is 5.97 Å². The molecular formula is C16H12O2. The van der Waals surface area contributed by atoms with E-state index in [0.29, 0.717) is 5.56 Å². The highest BCUT2D eigenvalue weighted by atomic mass is 16.5. The van der Waals surface area contributed by atoms with Crippen molar-refractivity contribution in [3.05, 3.63) is 77.4 Å². The van der Waals surface area contributed by atoms with Gasteiger partial charge in [0.25, 0.3) is 0 Å². The molecule has 0 radical (unpaired) electrons. The van der Waals surface area contributed by atoms with Crippen molar-refractivity contribution in [1.82, 2.24) is 0 Å². The summed E-state index contributed by atoms with van der Waals surface area (Å²) >= 11 is 0. The number of fused-ring (bicyclic) bond motifs is 1. The maximum Gasteiger partial charge on any atom is 0.339 e. The summed E-state index contributed by atoms with van der Waals surface area (Å²) in [5.41, 5.74) is 2.74. The summed E-state index contributed by atoms with van der Waals surface area (Å²) in [6, 6.07) is 17.0. The van der Waals surface area contributed by atoms with Crippen molar-refractivity contribution in [1.29, 1.82) is 0 Å². The molecule has 0 bridgehead atoms. The molecule has 0 N–H and O–H groups in total. The van der Waals surface area contributed by atoms with Crippen LogP contribution in [0.15, 0.2) is 60.7 Å². The molecule has 2 heteroatoms. The zero-order valence-electron chi connectivity index (χ0n) is 9.74. The minimum absolute atomic E-state index is 0.270. The lowest BCUT2D eigenvalue weighted by atomic mass is 10.1. The van der Waals surface area contributed by atoms with Gasteiger partial charge in [0.15, 0.2) is 0 Å². The second-order valence-electron chi connectivity index (χ2n) is 4.18. The summed E-state index contributed by atoms with van der Waals surface area (Å²) in [7, 11) is 0.